The second-order valence-corrected chi connectivity index (χ2v) is 11.0. The summed E-state index contributed by atoms with van der Waals surface area (Å²) in [7, 11) is 0. The molecule has 0 amide bonds. The van der Waals surface area contributed by atoms with Gasteiger partial charge < -0.3 is 9.61 Å². The van der Waals surface area contributed by atoms with Crippen molar-refractivity contribution in [2.75, 3.05) is 6.54 Å². The summed E-state index contributed by atoms with van der Waals surface area (Å²) in [6.45, 7) is 11.3. The molecule has 0 bridgehead atoms. The van der Waals surface area contributed by atoms with Crippen LogP contribution in [-0.2, 0) is 16.3 Å². The van der Waals surface area contributed by atoms with Crippen LogP contribution in [0.15, 0.2) is 4.99 Å². The third kappa shape index (κ3) is 9.06. The first-order valence-electron chi connectivity index (χ1n) is 6.16. The minimum atomic E-state index is -2.04. The average Bonchev–Trinajstić information content (AvgIpc) is 2.23. The van der Waals surface area contributed by atoms with Gasteiger partial charge in [-0.05, 0) is 38.5 Å². The van der Waals surface area contributed by atoms with Crippen molar-refractivity contribution in [2.45, 2.75) is 58.8 Å². The highest BCUT2D eigenvalue weighted by molar-refractivity contribution is 8.69. The Balaban J connectivity index is 4.44. The molecular formula is C11H25N2OPS2. The van der Waals surface area contributed by atoms with Crippen LogP contribution in [0.5, 0.6) is 0 Å². The van der Waals surface area contributed by atoms with Gasteiger partial charge >= 0.3 is 0 Å². The third-order valence-electron chi connectivity index (χ3n) is 1.90. The Morgan fingerprint density at radius 2 is 2.06 bits per heavy atom. The lowest BCUT2D eigenvalue weighted by Crippen LogP contribution is -2.13. The Kier molecular flexibility index (Phi) is 9.61. The molecule has 3 nitrogen and oxygen atoms in total. The Bertz CT molecular complexity index is 272. The van der Waals surface area contributed by atoms with Crippen LogP contribution in [0.2, 0.25) is 0 Å². The molecule has 102 valence electrons. The molecule has 1 N–H and O–H groups in total. The van der Waals surface area contributed by atoms with Gasteiger partial charge in [-0.15, -0.1) is 0 Å². The van der Waals surface area contributed by atoms with Gasteiger partial charge in [0.25, 0.3) is 0 Å². The largest absolute Gasteiger partial charge is 0.324 e. The summed E-state index contributed by atoms with van der Waals surface area (Å²) in [5, 5.41) is 3.71. The molecule has 2 unspecified atom stereocenters. The summed E-state index contributed by atoms with van der Waals surface area (Å²) in [6, 6.07) is 0. The van der Waals surface area contributed by atoms with Gasteiger partial charge in [0.2, 0.25) is 5.62 Å². The lowest BCUT2D eigenvalue weighted by Gasteiger charge is -2.25. The molecule has 0 aromatic heterocycles. The fourth-order valence-electron chi connectivity index (χ4n) is 0.980. The Labute approximate surface area is 115 Å². The highest BCUT2D eigenvalue weighted by atomic mass is 32.9. The molecule has 0 aromatic carbocycles. The maximum atomic E-state index is 5.88. The zero-order chi connectivity index (χ0) is 13.3. The second-order valence-electron chi connectivity index (χ2n) is 4.14. The normalized spacial score (nSPS) is 17.3. The van der Waals surface area contributed by atoms with E-state index in [0.717, 1.165) is 19.4 Å². The minimum Gasteiger partial charge on any atom is -0.324 e. The van der Waals surface area contributed by atoms with Gasteiger partial charge in [-0.25, -0.2) is 0 Å². The number of hydrogen-bond acceptors (Lipinski definition) is 4. The van der Waals surface area contributed by atoms with E-state index in [0.29, 0.717) is 5.25 Å². The molecule has 0 aliphatic rings. The summed E-state index contributed by atoms with van der Waals surface area (Å²) < 4.78 is 5.88. The number of aliphatic imine (C=N–C) groups is 1. The van der Waals surface area contributed by atoms with Gasteiger partial charge in [0.15, 0.2) is 0 Å². The SMILES string of the molecule is CCCN=CNP(=S)(OC(C)C)SC(C)CC. The molecule has 0 aliphatic carbocycles. The van der Waals surface area contributed by atoms with Crippen LogP contribution in [0.3, 0.4) is 0 Å². The fraction of sp³-hybridized carbons (Fsp3) is 0.909. The fourth-order valence-corrected chi connectivity index (χ4v) is 7.39. The molecule has 0 aromatic rings. The summed E-state index contributed by atoms with van der Waals surface area (Å²) in [4.78, 5) is 4.25. The van der Waals surface area contributed by atoms with E-state index < -0.39 is 5.62 Å². The zero-order valence-electron chi connectivity index (χ0n) is 11.5. The predicted molar refractivity (Wildman–Crippen MR) is 84.6 cm³/mol. The van der Waals surface area contributed by atoms with Crippen LogP contribution in [0.1, 0.15) is 47.5 Å². The molecule has 0 rings (SSSR count). The smallest absolute Gasteiger partial charge is 0.211 e. The van der Waals surface area contributed by atoms with Crippen molar-refractivity contribution >= 4 is 35.1 Å². The molecule has 0 radical (unpaired) electrons. The van der Waals surface area contributed by atoms with Crippen molar-refractivity contribution in [1.82, 2.24) is 5.09 Å². The summed E-state index contributed by atoms with van der Waals surface area (Å²) >= 11 is 7.35. The number of nitrogens with zero attached hydrogens (tertiary/aromatic N) is 1. The average molecular weight is 296 g/mol. The van der Waals surface area contributed by atoms with E-state index in [-0.39, 0.29) is 6.10 Å². The first-order chi connectivity index (χ1) is 7.93. The van der Waals surface area contributed by atoms with Crippen molar-refractivity contribution < 1.29 is 4.52 Å². The van der Waals surface area contributed by atoms with E-state index in [1.165, 1.54) is 0 Å². The molecule has 2 atom stereocenters. The first-order valence-corrected chi connectivity index (χ1v) is 10.4. The van der Waals surface area contributed by atoms with Crippen LogP contribution in [-0.4, -0.2) is 24.2 Å². The highest BCUT2D eigenvalue weighted by Crippen LogP contribution is 2.59. The van der Waals surface area contributed by atoms with Crippen molar-refractivity contribution in [1.29, 1.82) is 0 Å². The van der Waals surface area contributed by atoms with Crippen molar-refractivity contribution in [3.05, 3.63) is 0 Å². The van der Waals surface area contributed by atoms with Gasteiger partial charge in [0.1, 0.15) is 0 Å². The molecule has 0 spiro atoms. The maximum Gasteiger partial charge on any atom is 0.211 e. The van der Waals surface area contributed by atoms with Crippen LogP contribution in [0.4, 0.5) is 0 Å². The Morgan fingerprint density at radius 3 is 2.53 bits per heavy atom. The molecular weight excluding hydrogens is 271 g/mol. The summed E-state index contributed by atoms with van der Waals surface area (Å²) in [5.74, 6) is 0. The van der Waals surface area contributed by atoms with Crippen molar-refractivity contribution in [2.24, 2.45) is 4.99 Å². The predicted octanol–water partition coefficient (Wildman–Crippen LogP) is 4.20. The zero-order valence-corrected chi connectivity index (χ0v) is 14.0. The minimum absolute atomic E-state index is 0.143. The molecule has 0 fully saturated rings. The third-order valence-corrected chi connectivity index (χ3v) is 7.84. The molecule has 0 saturated heterocycles. The van der Waals surface area contributed by atoms with Gasteiger partial charge in [-0.1, -0.05) is 32.2 Å². The van der Waals surface area contributed by atoms with Gasteiger partial charge in [0, 0.05) is 11.8 Å². The van der Waals surface area contributed by atoms with Crippen molar-refractivity contribution in [3.8, 4) is 0 Å². The van der Waals surface area contributed by atoms with Crippen LogP contribution < -0.4 is 5.09 Å². The van der Waals surface area contributed by atoms with E-state index >= 15 is 0 Å². The molecule has 17 heavy (non-hydrogen) atoms. The van der Waals surface area contributed by atoms with Crippen LogP contribution in [0, 0.1) is 0 Å². The van der Waals surface area contributed by atoms with Gasteiger partial charge in [0.05, 0.1) is 12.4 Å². The van der Waals surface area contributed by atoms with Crippen LogP contribution in [0.25, 0.3) is 0 Å². The molecule has 0 heterocycles. The first kappa shape index (κ1) is 17.4. The molecule has 0 aliphatic heterocycles. The quantitative estimate of drug-likeness (QED) is 0.393. The number of rotatable bonds is 9. The lowest BCUT2D eigenvalue weighted by atomic mass is 10.4. The van der Waals surface area contributed by atoms with E-state index in [1.54, 1.807) is 17.7 Å². The van der Waals surface area contributed by atoms with Gasteiger partial charge in [-0.3, -0.25) is 4.99 Å². The van der Waals surface area contributed by atoms with Crippen LogP contribution >= 0.6 is 17.0 Å². The highest BCUT2D eigenvalue weighted by Gasteiger charge is 2.21. The summed E-state index contributed by atoms with van der Waals surface area (Å²) in [5.41, 5.74) is -2.04. The lowest BCUT2D eigenvalue weighted by molar-refractivity contribution is 0.274. The number of nitrogens with one attached hydrogen (secondary N) is 1. The Morgan fingerprint density at radius 1 is 1.41 bits per heavy atom. The summed E-state index contributed by atoms with van der Waals surface area (Å²) in [6.07, 6.45) is 4.01. The maximum absolute atomic E-state index is 5.88. The van der Waals surface area contributed by atoms with E-state index in [2.05, 4.69) is 30.9 Å². The van der Waals surface area contributed by atoms with E-state index in [1.807, 2.05) is 13.8 Å². The Hall–Kier alpha value is 0.430. The van der Waals surface area contributed by atoms with Crippen molar-refractivity contribution in [3.63, 3.8) is 0 Å². The van der Waals surface area contributed by atoms with Gasteiger partial charge in [-0.2, -0.15) is 0 Å². The monoisotopic (exact) mass is 296 g/mol. The van der Waals surface area contributed by atoms with E-state index in [9.17, 15) is 0 Å². The molecule has 6 heteroatoms. The standard InChI is InChI=1S/C11H25N2OPS2/c1-6-8-12-9-13-15(16,14-10(3)4)17-11(5)7-2/h9-11H,6-8H2,1-5H3,(H,12,13,16). The molecule has 0 saturated carbocycles. The number of hydrogen-bond donors (Lipinski definition) is 1. The van der Waals surface area contributed by atoms with E-state index in [4.69, 9.17) is 16.3 Å². The topological polar surface area (TPSA) is 33.6 Å². The second kappa shape index (κ2) is 9.37.